The second-order valence-corrected chi connectivity index (χ2v) is 6.52. The van der Waals surface area contributed by atoms with Crippen molar-refractivity contribution in [1.29, 1.82) is 0 Å². The van der Waals surface area contributed by atoms with Crippen LogP contribution in [0, 0.1) is 11.8 Å². The van der Waals surface area contributed by atoms with Crippen LogP contribution in [0.5, 0.6) is 0 Å². The Balaban J connectivity index is 1.97. The van der Waals surface area contributed by atoms with Gasteiger partial charge < -0.3 is 20.1 Å². The Hall–Kier alpha value is -2.68. The Morgan fingerprint density at radius 2 is 2.32 bits per heavy atom. The molecule has 0 saturated heterocycles. The third-order valence-electron chi connectivity index (χ3n) is 4.53. The highest BCUT2D eigenvalue weighted by atomic mass is 16.5. The third kappa shape index (κ3) is 2.91. The van der Waals surface area contributed by atoms with E-state index in [4.69, 9.17) is 10.5 Å². The number of nitrogens with two attached hydrogens (primary N) is 1. The lowest BCUT2D eigenvalue weighted by Gasteiger charge is -2.19. The number of aliphatic hydroxyl groups is 1. The molecular formula is C16H21N5O4. The second-order valence-electron chi connectivity index (χ2n) is 6.52. The number of carbonyl (C=O) groups is 1. The van der Waals surface area contributed by atoms with E-state index in [0.717, 1.165) is 0 Å². The fourth-order valence-electron chi connectivity index (χ4n) is 3.14. The molecular weight excluding hydrogens is 326 g/mol. The third-order valence-corrected chi connectivity index (χ3v) is 4.53. The summed E-state index contributed by atoms with van der Waals surface area (Å²) in [6.07, 6.45) is 1.42. The Morgan fingerprint density at radius 3 is 2.96 bits per heavy atom. The minimum Gasteiger partial charge on any atom is -0.461 e. The topological polar surface area (TPSA) is 136 Å². The van der Waals surface area contributed by atoms with E-state index in [0.29, 0.717) is 17.6 Å². The summed E-state index contributed by atoms with van der Waals surface area (Å²) in [4.78, 5) is 34.5. The maximum Gasteiger partial charge on any atom is 0.308 e. The monoisotopic (exact) mass is 347 g/mol. The summed E-state index contributed by atoms with van der Waals surface area (Å²) in [6, 6.07) is -0.305. The maximum absolute atomic E-state index is 11.9. The molecule has 1 aliphatic rings. The van der Waals surface area contributed by atoms with Gasteiger partial charge in [0.05, 0.1) is 24.9 Å². The molecule has 0 spiro atoms. The molecule has 0 bridgehead atoms. The summed E-state index contributed by atoms with van der Waals surface area (Å²) >= 11 is 0. The quantitative estimate of drug-likeness (QED) is 0.537. The lowest BCUT2D eigenvalue weighted by molar-refractivity contribution is -0.154. The average molecular weight is 347 g/mol. The van der Waals surface area contributed by atoms with Gasteiger partial charge in [0, 0.05) is 12.3 Å². The van der Waals surface area contributed by atoms with Crippen LogP contribution >= 0.6 is 0 Å². The zero-order valence-electron chi connectivity index (χ0n) is 14.1. The molecule has 3 unspecified atom stereocenters. The number of hydrogen-bond acceptors (Lipinski definition) is 7. The molecule has 25 heavy (non-hydrogen) atoms. The van der Waals surface area contributed by atoms with Crippen molar-refractivity contribution in [2.75, 3.05) is 12.3 Å². The number of aromatic amines is 1. The average Bonchev–Trinajstić information content (AvgIpc) is 3.08. The first kappa shape index (κ1) is 17.2. The first-order valence-electron chi connectivity index (χ1n) is 8.05. The van der Waals surface area contributed by atoms with E-state index in [1.165, 1.54) is 6.33 Å². The van der Waals surface area contributed by atoms with E-state index in [-0.39, 0.29) is 41.9 Å². The zero-order valence-corrected chi connectivity index (χ0v) is 14.1. The molecule has 0 amide bonds. The van der Waals surface area contributed by atoms with Gasteiger partial charge in [-0.15, -0.1) is 0 Å². The van der Waals surface area contributed by atoms with Crippen LogP contribution in [-0.2, 0) is 9.53 Å². The number of rotatable bonds is 4. The van der Waals surface area contributed by atoms with Crippen molar-refractivity contribution in [3.05, 3.63) is 28.8 Å². The number of esters is 1. The van der Waals surface area contributed by atoms with Crippen LogP contribution in [0.4, 0.5) is 5.95 Å². The van der Waals surface area contributed by atoms with Crippen molar-refractivity contribution in [3.8, 4) is 0 Å². The molecule has 4 N–H and O–H groups in total. The van der Waals surface area contributed by atoms with Gasteiger partial charge in [0.1, 0.15) is 6.10 Å². The minimum atomic E-state index is -0.491. The van der Waals surface area contributed by atoms with Gasteiger partial charge in [0.15, 0.2) is 11.2 Å². The molecule has 0 aromatic carbocycles. The normalized spacial score (nSPS) is 23.5. The number of aromatic nitrogens is 4. The largest absolute Gasteiger partial charge is 0.461 e. The van der Waals surface area contributed by atoms with Gasteiger partial charge in [0.2, 0.25) is 5.95 Å². The molecule has 3 rings (SSSR count). The summed E-state index contributed by atoms with van der Waals surface area (Å²) in [5, 5.41) is 9.71. The Bertz CT molecular complexity index is 884. The summed E-state index contributed by atoms with van der Waals surface area (Å²) in [6.45, 7) is 7.37. The summed E-state index contributed by atoms with van der Waals surface area (Å²) < 4.78 is 7.22. The minimum absolute atomic E-state index is 0.00986. The van der Waals surface area contributed by atoms with Crippen LogP contribution < -0.4 is 11.3 Å². The first-order chi connectivity index (χ1) is 11.8. The van der Waals surface area contributed by atoms with Crippen LogP contribution in [0.3, 0.4) is 0 Å². The van der Waals surface area contributed by atoms with Crippen LogP contribution in [0.2, 0.25) is 0 Å². The number of carbonyl (C=O) groups excluding carboxylic acids is 1. The SMILES string of the molecule is C=C1C(CO)C(OC(=O)C(C)C)CC1n1cnc2c(=O)[nH]c(N)nc21. The number of anilines is 1. The molecule has 0 radical (unpaired) electrons. The van der Waals surface area contributed by atoms with Gasteiger partial charge in [-0.25, -0.2) is 4.98 Å². The lowest BCUT2D eigenvalue weighted by atomic mass is 10.0. The van der Waals surface area contributed by atoms with E-state index in [1.54, 1.807) is 18.4 Å². The van der Waals surface area contributed by atoms with Gasteiger partial charge in [-0.05, 0) is 5.57 Å². The predicted molar refractivity (Wildman–Crippen MR) is 90.6 cm³/mol. The number of hydrogen-bond donors (Lipinski definition) is 3. The van der Waals surface area contributed by atoms with Gasteiger partial charge >= 0.3 is 5.97 Å². The molecule has 3 atom stereocenters. The number of nitrogen functional groups attached to an aromatic ring is 1. The molecule has 1 aliphatic carbocycles. The number of imidazole rings is 1. The van der Waals surface area contributed by atoms with E-state index in [9.17, 15) is 14.7 Å². The van der Waals surface area contributed by atoms with Crippen LogP contribution in [0.25, 0.3) is 11.2 Å². The number of aliphatic hydroxyl groups excluding tert-OH is 1. The molecule has 134 valence electrons. The second kappa shape index (κ2) is 6.32. The van der Waals surface area contributed by atoms with E-state index in [1.807, 2.05) is 0 Å². The van der Waals surface area contributed by atoms with Crippen LogP contribution in [0.15, 0.2) is 23.3 Å². The van der Waals surface area contributed by atoms with Gasteiger partial charge in [-0.1, -0.05) is 20.4 Å². The standard InChI is InChI=1S/C16H21N5O4/c1-7(2)15(24)25-11-4-10(8(3)9(11)5-22)21-6-18-12-13(21)19-16(17)20-14(12)23/h6-7,9-11,22H,3-5H2,1-2H3,(H3,17,19,20,23). The highest BCUT2D eigenvalue weighted by Gasteiger charge is 2.41. The predicted octanol–water partition coefficient (Wildman–Crippen LogP) is 0.379. The molecule has 2 heterocycles. The Labute approximate surface area is 143 Å². The molecule has 2 aromatic heterocycles. The van der Waals surface area contributed by atoms with Gasteiger partial charge in [0.25, 0.3) is 5.56 Å². The molecule has 2 aromatic rings. The number of nitrogens with one attached hydrogen (secondary N) is 1. The number of ether oxygens (including phenoxy) is 1. The van der Waals surface area contributed by atoms with Crippen molar-refractivity contribution in [3.63, 3.8) is 0 Å². The number of fused-ring (bicyclic) bond motifs is 1. The van der Waals surface area contributed by atoms with Crippen molar-refractivity contribution >= 4 is 23.1 Å². The van der Waals surface area contributed by atoms with E-state index < -0.39 is 11.7 Å². The van der Waals surface area contributed by atoms with Crippen LogP contribution in [0.1, 0.15) is 26.3 Å². The molecule has 9 nitrogen and oxygen atoms in total. The molecule has 1 saturated carbocycles. The molecule has 1 fully saturated rings. The Kier molecular flexibility index (Phi) is 4.34. The van der Waals surface area contributed by atoms with Crippen molar-refractivity contribution < 1.29 is 14.6 Å². The van der Waals surface area contributed by atoms with Gasteiger partial charge in [-0.3, -0.25) is 14.6 Å². The molecule has 9 heteroatoms. The fraction of sp³-hybridized carbons (Fsp3) is 0.500. The lowest BCUT2D eigenvalue weighted by Crippen LogP contribution is -2.27. The van der Waals surface area contributed by atoms with Crippen LogP contribution in [-0.4, -0.2) is 43.3 Å². The molecule has 0 aliphatic heterocycles. The number of nitrogens with zero attached hydrogens (tertiary/aromatic N) is 3. The fourth-order valence-corrected chi connectivity index (χ4v) is 3.14. The van der Waals surface area contributed by atoms with Crippen molar-refractivity contribution in [2.45, 2.75) is 32.4 Å². The van der Waals surface area contributed by atoms with Crippen molar-refractivity contribution in [1.82, 2.24) is 19.5 Å². The number of H-pyrrole nitrogens is 1. The van der Waals surface area contributed by atoms with E-state index >= 15 is 0 Å². The van der Waals surface area contributed by atoms with Crippen molar-refractivity contribution in [2.24, 2.45) is 11.8 Å². The van der Waals surface area contributed by atoms with Gasteiger partial charge in [-0.2, -0.15) is 4.98 Å². The highest BCUT2D eigenvalue weighted by molar-refractivity contribution is 5.72. The summed E-state index contributed by atoms with van der Waals surface area (Å²) in [7, 11) is 0. The smallest absolute Gasteiger partial charge is 0.308 e. The highest BCUT2D eigenvalue weighted by Crippen LogP contribution is 2.41. The van der Waals surface area contributed by atoms with E-state index in [2.05, 4.69) is 21.5 Å². The Morgan fingerprint density at radius 1 is 1.60 bits per heavy atom. The zero-order chi connectivity index (χ0) is 18.3. The maximum atomic E-state index is 11.9. The first-order valence-corrected chi connectivity index (χ1v) is 8.05. The summed E-state index contributed by atoms with van der Waals surface area (Å²) in [5.74, 6) is -0.985. The summed E-state index contributed by atoms with van der Waals surface area (Å²) in [5.41, 5.74) is 6.40.